The van der Waals surface area contributed by atoms with Crippen molar-refractivity contribution in [3.05, 3.63) is 0 Å². The van der Waals surface area contributed by atoms with Gasteiger partial charge in [-0.25, -0.2) is 0 Å². The zero-order chi connectivity index (χ0) is 23.5. The standard InChI is InChI=1S/C21H44O8.C2H6.H2S/c1-22-9-5-13-26-17-21(18-27-14-6-10-23-2,19-28-15-7-11-24-3)20-29-16-8-12-25-4;1-2;/h5-20H2,1-4H3;1-2H3;1H2. The Bertz CT molecular complexity index is 263. The number of hydrogen-bond donors (Lipinski definition) is 0. The Morgan fingerprint density at radius 2 is 0.625 bits per heavy atom. The van der Waals surface area contributed by atoms with Gasteiger partial charge in [0.25, 0.3) is 0 Å². The van der Waals surface area contributed by atoms with Gasteiger partial charge in [-0.1, -0.05) is 13.8 Å². The summed E-state index contributed by atoms with van der Waals surface area (Å²) in [5, 5.41) is 0. The first-order chi connectivity index (χ1) is 15.2. The predicted molar refractivity (Wildman–Crippen MR) is 133 cm³/mol. The Morgan fingerprint density at radius 3 is 0.812 bits per heavy atom. The first-order valence-corrected chi connectivity index (χ1v) is 11.5. The average molecular weight is 489 g/mol. The summed E-state index contributed by atoms with van der Waals surface area (Å²) >= 11 is 0. The maximum absolute atomic E-state index is 5.94. The first-order valence-electron chi connectivity index (χ1n) is 11.5. The van der Waals surface area contributed by atoms with E-state index in [4.69, 9.17) is 37.9 Å². The quantitative estimate of drug-likeness (QED) is 0.192. The Balaban J connectivity index is -0.00000272. The third kappa shape index (κ3) is 24.7. The van der Waals surface area contributed by atoms with Crippen LogP contribution in [0.5, 0.6) is 0 Å². The van der Waals surface area contributed by atoms with Crippen molar-refractivity contribution in [1.82, 2.24) is 0 Å². The smallest absolute Gasteiger partial charge is 0.0637 e. The molecule has 0 fully saturated rings. The normalized spacial score (nSPS) is 11.1. The van der Waals surface area contributed by atoms with E-state index in [0.29, 0.717) is 79.3 Å². The molecule has 0 heterocycles. The minimum absolute atomic E-state index is 0. The summed E-state index contributed by atoms with van der Waals surface area (Å²) < 4.78 is 44.1. The van der Waals surface area contributed by atoms with Crippen LogP contribution in [-0.4, -0.2) is 108 Å². The largest absolute Gasteiger partial charge is 0.385 e. The van der Waals surface area contributed by atoms with Gasteiger partial charge in [-0.2, -0.15) is 13.5 Å². The molecule has 0 N–H and O–H groups in total. The molecule has 9 heteroatoms. The van der Waals surface area contributed by atoms with E-state index in [0.717, 1.165) is 25.7 Å². The molecule has 0 atom stereocenters. The van der Waals surface area contributed by atoms with E-state index in [1.54, 1.807) is 28.4 Å². The van der Waals surface area contributed by atoms with Gasteiger partial charge in [0.2, 0.25) is 0 Å². The SMILES string of the molecule is CC.COCCCOCC(COCCCOC)(COCCCOC)COCCCOC.S. The lowest BCUT2D eigenvalue weighted by molar-refractivity contribution is -0.110. The second-order valence-corrected chi connectivity index (χ2v) is 7.10. The topological polar surface area (TPSA) is 73.8 Å². The van der Waals surface area contributed by atoms with Gasteiger partial charge in [0, 0.05) is 81.3 Å². The van der Waals surface area contributed by atoms with E-state index in [9.17, 15) is 0 Å². The number of methoxy groups -OCH3 is 4. The fraction of sp³-hybridized carbons (Fsp3) is 1.00. The molecule has 0 aliphatic heterocycles. The molecule has 0 unspecified atom stereocenters. The van der Waals surface area contributed by atoms with Crippen molar-refractivity contribution < 1.29 is 37.9 Å². The molecule has 0 saturated carbocycles. The molecular formula is C23H52O8S. The van der Waals surface area contributed by atoms with Crippen molar-refractivity contribution in [2.45, 2.75) is 39.5 Å². The van der Waals surface area contributed by atoms with E-state index in [2.05, 4.69) is 0 Å². The fourth-order valence-electron chi connectivity index (χ4n) is 2.63. The van der Waals surface area contributed by atoms with E-state index in [-0.39, 0.29) is 18.9 Å². The minimum atomic E-state index is -0.361. The Hall–Kier alpha value is 0.0300. The lowest BCUT2D eigenvalue weighted by Crippen LogP contribution is -2.42. The van der Waals surface area contributed by atoms with Gasteiger partial charge >= 0.3 is 0 Å². The summed E-state index contributed by atoms with van der Waals surface area (Å²) in [6.07, 6.45) is 3.41. The van der Waals surface area contributed by atoms with Gasteiger partial charge in [0.05, 0.1) is 31.8 Å². The monoisotopic (exact) mass is 488 g/mol. The molecule has 0 spiro atoms. The van der Waals surface area contributed by atoms with Crippen LogP contribution in [0, 0.1) is 5.41 Å². The number of hydrogen-bond acceptors (Lipinski definition) is 8. The minimum Gasteiger partial charge on any atom is -0.385 e. The summed E-state index contributed by atoms with van der Waals surface area (Å²) in [5.74, 6) is 0. The molecule has 0 radical (unpaired) electrons. The Labute approximate surface area is 204 Å². The molecule has 0 amide bonds. The summed E-state index contributed by atoms with van der Waals surface area (Å²) in [5.41, 5.74) is -0.361. The fourth-order valence-corrected chi connectivity index (χ4v) is 2.63. The molecule has 0 rings (SSSR count). The van der Waals surface area contributed by atoms with Crippen molar-refractivity contribution in [2.24, 2.45) is 5.41 Å². The summed E-state index contributed by atoms with van der Waals surface area (Å²) in [6.45, 7) is 11.3. The molecule has 0 aromatic heterocycles. The Kier molecular flexibility index (Phi) is 35.5. The third-order valence-electron chi connectivity index (χ3n) is 4.18. The molecule has 0 aromatic rings. The van der Waals surface area contributed by atoms with Gasteiger partial charge in [0.15, 0.2) is 0 Å². The summed E-state index contributed by atoms with van der Waals surface area (Å²) in [6, 6.07) is 0. The van der Waals surface area contributed by atoms with Crippen molar-refractivity contribution in [3.63, 3.8) is 0 Å². The second-order valence-electron chi connectivity index (χ2n) is 7.10. The summed E-state index contributed by atoms with van der Waals surface area (Å²) in [7, 11) is 6.78. The highest BCUT2D eigenvalue weighted by molar-refractivity contribution is 7.59. The number of ether oxygens (including phenoxy) is 8. The third-order valence-corrected chi connectivity index (χ3v) is 4.18. The van der Waals surface area contributed by atoms with Crippen LogP contribution in [0.15, 0.2) is 0 Å². The highest BCUT2D eigenvalue weighted by atomic mass is 32.1. The van der Waals surface area contributed by atoms with E-state index >= 15 is 0 Å². The zero-order valence-corrected chi connectivity index (χ0v) is 22.6. The highest BCUT2D eigenvalue weighted by Crippen LogP contribution is 2.21. The molecule has 0 saturated heterocycles. The maximum atomic E-state index is 5.94. The molecule has 198 valence electrons. The van der Waals surface area contributed by atoms with Crippen LogP contribution >= 0.6 is 13.5 Å². The molecule has 0 aliphatic carbocycles. The van der Waals surface area contributed by atoms with Crippen molar-refractivity contribution in [3.8, 4) is 0 Å². The van der Waals surface area contributed by atoms with Gasteiger partial charge in [-0.05, 0) is 25.7 Å². The van der Waals surface area contributed by atoms with Crippen molar-refractivity contribution in [2.75, 3.05) is 108 Å². The lowest BCUT2D eigenvalue weighted by Gasteiger charge is -2.33. The second kappa shape index (κ2) is 31.0. The highest BCUT2D eigenvalue weighted by Gasteiger charge is 2.32. The lowest BCUT2D eigenvalue weighted by atomic mass is 9.92. The summed E-state index contributed by atoms with van der Waals surface area (Å²) in [4.78, 5) is 0. The van der Waals surface area contributed by atoms with Crippen LogP contribution < -0.4 is 0 Å². The van der Waals surface area contributed by atoms with Crippen molar-refractivity contribution in [1.29, 1.82) is 0 Å². The average Bonchev–Trinajstić information content (AvgIpc) is 2.80. The Morgan fingerprint density at radius 1 is 0.406 bits per heavy atom. The van der Waals surface area contributed by atoms with Gasteiger partial charge in [-0.3, -0.25) is 0 Å². The van der Waals surface area contributed by atoms with E-state index in [1.807, 2.05) is 13.8 Å². The van der Waals surface area contributed by atoms with Crippen LogP contribution in [0.1, 0.15) is 39.5 Å². The molecule has 8 nitrogen and oxygen atoms in total. The number of rotatable bonds is 24. The van der Waals surface area contributed by atoms with E-state index in [1.165, 1.54) is 0 Å². The van der Waals surface area contributed by atoms with Crippen LogP contribution in [0.25, 0.3) is 0 Å². The van der Waals surface area contributed by atoms with Crippen LogP contribution in [0.3, 0.4) is 0 Å². The first kappa shape index (κ1) is 36.6. The molecular weight excluding hydrogens is 436 g/mol. The zero-order valence-electron chi connectivity index (χ0n) is 21.6. The molecule has 0 aliphatic rings. The molecule has 32 heavy (non-hydrogen) atoms. The van der Waals surface area contributed by atoms with Crippen molar-refractivity contribution >= 4 is 13.5 Å². The molecule has 0 aromatic carbocycles. The maximum Gasteiger partial charge on any atom is 0.0637 e. The van der Waals surface area contributed by atoms with Crippen LogP contribution in [0.2, 0.25) is 0 Å². The van der Waals surface area contributed by atoms with Gasteiger partial charge in [-0.15, -0.1) is 0 Å². The predicted octanol–water partition coefficient (Wildman–Crippen LogP) is 3.32. The van der Waals surface area contributed by atoms with Crippen LogP contribution in [0.4, 0.5) is 0 Å². The van der Waals surface area contributed by atoms with Gasteiger partial charge < -0.3 is 37.9 Å². The van der Waals surface area contributed by atoms with Gasteiger partial charge in [0.1, 0.15) is 0 Å². The van der Waals surface area contributed by atoms with E-state index < -0.39 is 0 Å². The van der Waals surface area contributed by atoms with Crippen LogP contribution in [-0.2, 0) is 37.9 Å². The molecule has 0 bridgehead atoms.